The average Bonchev–Trinajstić information content (AvgIpc) is 3.13. The molecular formula is C17H28N4O3. The molecule has 0 radical (unpaired) electrons. The smallest absolute Gasteiger partial charge is 0.287 e. The summed E-state index contributed by atoms with van der Waals surface area (Å²) in [5, 5.41) is 6.12. The number of furan rings is 1. The highest BCUT2D eigenvalue weighted by Crippen LogP contribution is 2.13. The molecule has 0 aromatic carbocycles. The normalized spacial score (nSPS) is 16.2. The number of rotatable bonds is 7. The molecule has 2 heterocycles. The second-order valence-electron chi connectivity index (χ2n) is 5.61. The van der Waals surface area contributed by atoms with Crippen molar-refractivity contribution in [3.8, 4) is 0 Å². The lowest BCUT2D eigenvalue weighted by molar-refractivity contribution is 0.0264. The van der Waals surface area contributed by atoms with E-state index < -0.39 is 0 Å². The summed E-state index contributed by atoms with van der Waals surface area (Å²) in [7, 11) is 0. The molecule has 0 bridgehead atoms. The third-order valence-corrected chi connectivity index (χ3v) is 3.88. The van der Waals surface area contributed by atoms with E-state index in [0.29, 0.717) is 25.0 Å². The number of likely N-dealkylation sites (tertiary alicyclic amines) is 1. The van der Waals surface area contributed by atoms with Crippen LogP contribution in [-0.2, 0) is 4.74 Å². The van der Waals surface area contributed by atoms with Crippen LogP contribution in [0.3, 0.4) is 0 Å². The van der Waals surface area contributed by atoms with Crippen molar-refractivity contribution in [2.45, 2.75) is 32.8 Å². The summed E-state index contributed by atoms with van der Waals surface area (Å²) in [5.41, 5.74) is 0. The summed E-state index contributed by atoms with van der Waals surface area (Å²) in [4.78, 5) is 18.6. The number of hydrogen-bond donors (Lipinski definition) is 2. The second-order valence-corrected chi connectivity index (χ2v) is 5.61. The molecule has 134 valence electrons. The number of guanidine groups is 1. The number of carbonyl (C=O) groups is 1. The summed E-state index contributed by atoms with van der Waals surface area (Å²) in [6.07, 6.45) is 3.89. The molecule has 0 spiro atoms. The molecule has 1 aromatic heterocycles. The van der Waals surface area contributed by atoms with Crippen LogP contribution in [0, 0.1) is 0 Å². The van der Waals surface area contributed by atoms with Gasteiger partial charge in [-0.15, -0.1) is 0 Å². The molecule has 1 saturated heterocycles. The Labute approximate surface area is 143 Å². The molecule has 0 atom stereocenters. The van der Waals surface area contributed by atoms with Gasteiger partial charge in [-0.2, -0.15) is 0 Å². The Bertz CT molecular complexity index is 508. The zero-order valence-corrected chi connectivity index (χ0v) is 14.6. The Hall–Kier alpha value is -2.02. The van der Waals surface area contributed by atoms with Crippen LogP contribution >= 0.6 is 0 Å². The van der Waals surface area contributed by atoms with E-state index in [1.165, 1.54) is 6.26 Å². The number of carbonyl (C=O) groups excluding carboxylic acids is 1. The van der Waals surface area contributed by atoms with E-state index in [1.54, 1.807) is 12.1 Å². The van der Waals surface area contributed by atoms with Gasteiger partial charge in [0.2, 0.25) is 0 Å². The molecule has 7 heteroatoms. The maximum absolute atomic E-state index is 11.8. The Kier molecular flexibility index (Phi) is 7.61. The fourth-order valence-corrected chi connectivity index (χ4v) is 2.72. The van der Waals surface area contributed by atoms with Gasteiger partial charge >= 0.3 is 0 Å². The van der Waals surface area contributed by atoms with Crippen LogP contribution < -0.4 is 10.6 Å². The third-order valence-electron chi connectivity index (χ3n) is 3.88. The average molecular weight is 336 g/mol. The molecule has 7 nitrogen and oxygen atoms in total. The zero-order valence-electron chi connectivity index (χ0n) is 14.6. The van der Waals surface area contributed by atoms with Gasteiger partial charge < -0.3 is 24.7 Å². The Morgan fingerprint density at radius 1 is 1.38 bits per heavy atom. The Morgan fingerprint density at radius 3 is 2.79 bits per heavy atom. The van der Waals surface area contributed by atoms with Gasteiger partial charge in [0.25, 0.3) is 5.91 Å². The van der Waals surface area contributed by atoms with Crippen molar-refractivity contribution in [1.29, 1.82) is 0 Å². The van der Waals surface area contributed by atoms with Crippen LogP contribution in [0.25, 0.3) is 0 Å². The second kappa shape index (κ2) is 9.97. The molecule has 0 unspecified atom stereocenters. The molecule has 0 saturated carbocycles. The van der Waals surface area contributed by atoms with Crippen LogP contribution in [0.2, 0.25) is 0 Å². The summed E-state index contributed by atoms with van der Waals surface area (Å²) in [6.45, 7) is 8.57. The van der Waals surface area contributed by atoms with E-state index in [2.05, 4.69) is 27.4 Å². The van der Waals surface area contributed by atoms with Gasteiger partial charge in [-0.05, 0) is 38.8 Å². The van der Waals surface area contributed by atoms with Crippen molar-refractivity contribution in [3.63, 3.8) is 0 Å². The predicted octanol–water partition coefficient (Wildman–Crippen LogP) is 1.48. The molecule has 2 N–H and O–H groups in total. The standard InChI is InChI=1S/C17H28N4O3/c1-3-18-17(21-11-7-14(8-12-21)23-4-2)20-10-9-19-16(22)15-6-5-13-24-15/h5-6,13-14H,3-4,7-12H2,1-2H3,(H,18,20)(H,19,22). The van der Waals surface area contributed by atoms with Crippen molar-refractivity contribution in [1.82, 2.24) is 15.5 Å². The number of amides is 1. The maximum atomic E-state index is 11.8. The highest BCUT2D eigenvalue weighted by Gasteiger charge is 2.21. The van der Waals surface area contributed by atoms with Gasteiger partial charge in [0, 0.05) is 32.8 Å². The number of hydrogen-bond acceptors (Lipinski definition) is 4. The topological polar surface area (TPSA) is 79.1 Å². The van der Waals surface area contributed by atoms with Gasteiger partial charge in [-0.3, -0.25) is 9.79 Å². The van der Waals surface area contributed by atoms with Crippen LogP contribution in [0.5, 0.6) is 0 Å². The minimum Gasteiger partial charge on any atom is -0.459 e. The van der Waals surface area contributed by atoms with Crippen LogP contribution in [0.15, 0.2) is 27.8 Å². The number of piperidine rings is 1. The summed E-state index contributed by atoms with van der Waals surface area (Å²) in [6, 6.07) is 3.34. The first-order chi connectivity index (χ1) is 11.7. The van der Waals surface area contributed by atoms with E-state index >= 15 is 0 Å². The van der Waals surface area contributed by atoms with Crippen molar-refractivity contribution in [2.75, 3.05) is 39.3 Å². The van der Waals surface area contributed by atoms with Gasteiger partial charge in [0.15, 0.2) is 11.7 Å². The van der Waals surface area contributed by atoms with Crippen LogP contribution in [0.1, 0.15) is 37.2 Å². The number of nitrogens with one attached hydrogen (secondary N) is 2. The first-order valence-electron chi connectivity index (χ1n) is 8.71. The maximum Gasteiger partial charge on any atom is 0.287 e. The lowest BCUT2D eigenvalue weighted by atomic mass is 10.1. The first kappa shape index (κ1) is 18.3. The molecule has 1 aliphatic rings. The SMILES string of the molecule is CCNC(=NCCNC(=O)c1ccco1)N1CCC(OCC)CC1. The van der Waals surface area contributed by atoms with E-state index in [1.807, 2.05) is 6.92 Å². The van der Waals surface area contributed by atoms with E-state index in [4.69, 9.17) is 9.15 Å². The summed E-state index contributed by atoms with van der Waals surface area (Å²) >= 11 is 0. The lowest BCUT2D eigenvalue weighted by Crippen LogP contribution is -2.47. The first-order valence-corrected chi connectivity index (χ1v) is 8.71. The Balaban J connectivity index is 1.77. The quantitative estimate of drug-likeness (QED) is 0.448. The van der Waals surface area contributed by atoms with E-state index in [0.717, 1.165) is 45.0 Å². The molecular weight excluding hydrogens is 308 g/mol. The molecule has 1 aliphatic heterocycles. The van der Waals surface area contributed by atoms with Crippen molar-refractivity contribution < 1.29 is 13.9 Å². The fourth-order valence-electron chi connectivity index (χ4n) is 2.72. The van der Waals surface area contributed by atoms with E-state index in [9.17, 15) is 4.79 Å². The van der Waals surface area contributed by atoms with E-state index in [-0.39, 0.29) is 5.91 Å². The minimum absolute atomic E-state index is 0.210. The summed E-state index contributed by atoms with van der Waals surface area (Å²) in [5.74, 6) is 1.02. The third kappa shape index (κ3) is 5.56. The highest BCUT2D eigenvalue weighted by molar-refractivity contribution is 5.91. The van der Waals surface area contributed by atoms with Gasteiger partial charge in [-0.1, -0.05) is 0 Å². The van der Waals surface area contributed by atoms with Crippen molar-refractivity contribution in [2.24, 2.45) is 4.99 Å². The monoisotopic (exact) mass is 336 g/mol. The Morgan fingerprint density at radius 2 is 2.17 bits per heavy atom. The van der Waals surface area contributed by atoms with Crippen LogP contribution in [-0.4, -0.2) is 62.2 Å². The van der Waals surface area contributed by atoms with Gasteiger partial charge in [-0.25, -0.2) is 0 Å². The number of aliphatic imine (C=N–C) groups is 1. The van der Waals surface area contributed by atoms with Crippen molar-refractivity contribution >= 4 is 11.9 Å². The van der Waals surface area contributed by atoms with Gasteiger partial charge in [0.1, 0.15) is 0 Å². The number of nitrogens with zero attached hydrogens (tertiary/aromatic N) is 2. The summed E-state index contributed by atoms with van der Waals surface area (Å²) < 4.78 is 10.7. The van der Waals surface area contributed by atoms with Gasteiger partial charge in [0.05, 0.1) is 18.9 Å². The molecule has 0 aliphatic carbocycles. The lowest BCUT2D eigenvalue weighted by Gasteiger charge is -2.34. The fraction of sp³-hybridized carbons (Fsp3) is 0.647. The zero-order chi connectivity index (χ0) is 17.2. The van der Waals surface area contributed by atoms with Crippen LogP contribution in [0.4, 0.5) is 0 Å². The predicted molar refractivity (Wildman–Crippen MR) is 93.2 cm³/mol. The molecule has 2 rings (SSSR count). The molecule has 1 amide bonds. The molecule has 1 aromatic rings. The number of ether oxygens (including phenoxy) is 1. The van der Waals surface area contributed by atoms with Crippen molar-refractivity contribution in [3.05, 3.63) is 24.2 Å². The highest BCUT2D eigenvalue weighted by atomic mass is 16.5. The largest absolute Gasteiger partial charge is 0.459 e. The molecule has 1 fully saturated rings. The minimum atomic E-state index is -0.210. The molecule has 24 heavy (non-hydrogen) atoms.